The van der Waals surface area contributed by atoms with Crippen LogP contribution in [0.5, 0.6) is 5.75 Å². The molecule has 0 unspecified atom stereocenters. The van der Waals surface area contributed by atoms with Crippen LogP contribution in [0.15, 0.2) is 53.3 Å². The molecule has 0 bridgehead atoms. The molecule has 0 aliphatic heterocycles. The number of hydrogen-bond donors (Lipinski definition) is 1. The Balaban J connectivity index is 1.71. The van der Waals surface area contributed by atoms with Gasteiger partial charge in [-0.15, -0.1) is 5.10 Å². The normalized spacial score (nSPS) is 12.4. The van der Waals surface area contributed by atoms with Gasteiger partial charge in [-0.1, -0.05) is 31.2 Å². The monoisotopic (exact) mass is 476 g/mol. The number of aromatic amines is 1. The summed E-state index contributed by atoms with van der Waals surface area (Å²) in [6.45, 7) is 6.25. The highest BCUT2D eigenvalue weighted by atomic mass is 16.5. The van der Waals surface area contributed by atoms with Gasteiger partial charge in [0.15, 0.2) is 5.82 Å². The maximum atomic E-state index is 13.1. The minimum Gasteiger partial charge on any atom is -0.497 e. The lowest BCUT2D eigenvalue weighted by atomic mass is 10.1. The van der Waals surface area contributed by atoms with Crippen molar-refractivity contribution in [2.45, 2.75) is 45.9 Å². The lowest BCUT2D eigenvalue weighted by Crippen LogP contribution is -2.32. The van der Waals surface area contributed by atoms with Gasteiger partial charge in [0.1, 0.15) is 5.75 Å². The fourth-order valence-corrected chi connectivity index (χ4v) is 4.33. The number of fused-ring (bicyclic) bond motifs is 1. The van der Waals surface area contributed by atoms with Gasteiger partial charge in [0.2, 0.25) is 0 Å². The lowest BCUT2D eigenvalue weighted by molar-refractivity contribution is 0.151. The minimum atomic E-state index is -0.0999. The predicted octanol–water partition coefficient (Wildman–Crippen LogP) is 3.63. The van der Waals surface area contributed by atoms with Crippen LogP contribution in [0, 0.1) is 6.92 Å². The molecule has 0 fully saturated rings. The predicted molar refractivity (Wildman–Crippen MR) is 134 cm³/mol. The molecule has 35 heavy (non-hydrogen) atoms. The molecule has 1 atom stereocenters. The first kappa shape index (κ1) is 24.6. The fraction of sp³-hybridized carbons (Fsp3) is 0.385. The molecule has 2 aromatic carbocycles. The topological polar surface area (TPSA) is 98.2 Å². The van der Waals surface area contributed by atoms with Crippen molar-refractivity contribution in [3.63, 3.8) is 0 Å². The third-order valence-corrected chi connectivity index (χ3v) is 6.19. The number of H-pyrrole nitrogens is 1. The molecule has 4 aromatic rings. The molecular weight excluding hydrogens is 444 g/mol. The molecular formula is C26H32N6O3. The van der Waals surface area contributed by atoms with Gasteiger partial charge < -0.3 is 14.5 Å². The number of benzene rings is 2. The van der Waals surface area contributed by atoms with E-state index in [0.717, 1.165) is 40.0 Å². The summed E-state index contributed by atoms with van der Waals surface area (Å²) in [5.74, 6) is 1.56. The van der Waals surface area contributed by atoms with E-state index in [9.17, 15) is 4.79 Å². The smallest absolute Gasteiger partial charge is 0.252 e. The lowest BCUT2D eigenvalue weighted by Gasteiger charge is -2.30. The van der Waals surface area contributed by atoms with Gasteiger partial charge in [-0.2, -0.15) is 0 Å². The van der Waals surface area contributed by atoms with Gasteiger partial charge >= 0.3 is 0 Å². The molecule has 0 aliphatic carbocycles. The second-order valence-electron chi connectivity index (χ2n) is 8.64. The molecule has 0 aliphatic rings. The fourth-order valence-electron chi connectivity index (χ4n) is 4.33. The number of pyridine rings is 1. The van der Waals surface area contributed by atoms with Crippen LogP contribution in [0.2, 0.25) is 0 Å². The summed E-state index contributed by atoms with van der Waals surface area (Å²) in [6, 6.07) is 15.9. The average molecular weight is 477 g/mol. The third kappa shape index (κ3) is 5.75. The first-order chi connectivity index (χ1) is 17.0. The van der Waals surface area contributed by atoms with Crippen LogP contribution in [0.25, 0.3) is 10.9 Å². The molecule has 1 N–H and O–H groups in total. The van der Waals surface area contributed by atoms with Crippen molar-refractivity contribution < 1.29 is 9.47 Å². The number of hydrogen-bond acceptors (Lipinski definition) is 7. The second-order valence-corrected chi connectivity index (χ2v) is 8.64. The molecule has 0 saturated carbocycles. The highest BCUT2D eigenvalue weighted by Crippen LogP contribution is 2.27. The number of tetrazole rings is 1. The Kier molecular flexibility index (Phi) is 7.89. The Morgan fingerprint density at radius 1 is 1.09 bits per heavy atom. The van der Waals surface area contributed by atoms with Crippen LogP contribution >= 0.6 is 0 Å². The van der Waals surface area contributed by atoms with Crippen molar-refractivity contribution in [1.29, 1.82) is 0 Å². The van der Waals surface area contributed by atoms with Gasteiger partial charge in [-0.05, 0) is 64.5 Å². The SMILES string of the molecule is CC[C@H](c1nnnn1CCOC)N(Cc1ccc(OC)cc1)Cc1cc2ccc(C)cc2[nH]c1=O. The van der Waals surface area contributed by atoms with Gasteiger partial charge in [0.05, 0.1) is 26.3 Å². The number of methoxy groups -OCH3 is 2. The largest absolute Gasteiger partial charge is 0.497 e. The molecule has 0 radical (unpaired) electrons. The first-order valence-electron chi connectivity index (χ1n) is 11.8. The molecule has 0 saturated heterocycles. The van der Waals surface area contributed by atoms with Crippen LogP contribution in [-0.4, -0.2) is 50.9 Å². The van der Waals surface area contributed by atoms with Crippen LogP contribution < -0.4 is 10.3 Å². The Bertz CT molecular complexity index is 1310. The highest BCUT2D eigenvalue weighted by molar-refractivity contribution is 5.79. The van der Waals surface area contributed by atoms with E-state index in [-0.39, 0.29) is 11.6 Å². The highest BCUT2D eigenvalue weighted by Gasteiger charge is 2.26. The second kappa shape index (κ2) is 11.2. The quantitative estimate of drug-likeness (QED) is 0.353. The van der Waals surface area contributed by atoms with Gasteiger partial charge in [-0.25, -0.2) is 4.68 Å². The van der Waals surface area contributed by atoms with Crippen LogP contribution in [-0.2, 0) is 24.4 Å². The van der Waals surface area contributed by atoms with E-state index in [2.05, 4.69) is 38.4 Å². The third-order valence-electron chi connectivity index (χ3n) is 6.19. The van der Waals surface area contributed by atoms with E-state index < -0.39 is 0 Å². The summed E-state index contributed by atoms with van der Waals surface area (Å²) in [4.78, 5) is 18.4. The zero-order valence-electron chi connectivity index (χ0n) is 20.7. The van der Waals surface area contributed by atoms with E-state index in [1.165, 1.54) is 0 Å². The number of ether oxygens (including phenoxy) is 2. The minimum absolute atomic E-state index is 0.0864. The molecule has 0 spiro atoms. The Labute approximate surface area is 204 Å². The van der Waals surface area contributed by atoms with Gasteiger partial charge in [0.25, 0.3) is 5.56 Å². The van der Waals surface area contributed by atoms with E-state index in [4.69, 9.17) is 9.47 Å². The number of nitrogens with zero attached hydrogens (tertiary/aromatic N) is 5. The summed E-state index contributed by atoms with van der Waals surface area (Å²) in [6.07, 6.45) is 0.772. The Hall–Kier alpha value is -3.56. The molecule has 9 nitrogen and oxygen atoms in total. The van der Waals surface area contributed by atoms with Crippen LogP contribution in [0.1, 0.15) is 41.9 Å². The molecule has 2 aromatic heterocycles. The maximum absolute atomic E-state index is 13.1. The molecule has 184 valence electrons. The van der Waals surface area contributed by atoms with Crippen molar-refractivity contribution in [2.24, 2.45) is 0 Å². The molecule has 0 amide bonds. The van der Waals surface area contributed by atoms with Gasteiger partial charge in [-0.3, -0.25) is 9.69 Å². The maximum Gasteiger partial charge on any atom is 0.252 e. The molecule has 9 heteroatoms. The van der Waals surface area contributed by atoms with Crippen molar-refractivity contribution in [1.82, 2.24) is 30.1 Å². The first-order valence-corrected chi connectivity index (χ1v) is 11.8. The standard InChI is InChI=1S/C26H32N6O3/c1-5-24(25-28-29-30-32(25)12-13-34-3)31(16-19-7-10-22(35-4)11-8-19)17-21-15-20-9-6-18(2)14-23(20)27-26(21)33/h6-11,14-15,24H,5,12-13,16-17H2,1-4H3,(H,27,33)/t24-/m1/s1. The summed E-state index contributed by atoms with van der Waals surface area (Å²) in [7, 11) is 3.31. The van der Waals surface area contributed by atoms with Crippen molar-refractivity contribution in [3.05, 3.63) is 81.4 Å². The summed E-state index contributed by atoms with van der Waals surface area (Å²) in [5, 5.41) is 13.5. The number of aromatic nitrogens is 5. The Morgan fingerprint density at radius 3 is 2.60 bits per heavy atom. The Morgan fingerprint density at radius 2 is 1.89 bits per heavy atom. The number of rotatable bonds is 11. The summed E-state index contributed by atoms with van der Waals surface area (Å²) in [5.41, 5.74) is 3.67. The zero-order valence-corrected chi connectivity index (χ0v) is 20.7. The molecule has 2 heterocycles. The summed E-state index contributed by atoms with van der Waals surface area (Å²) < 4.78 is 12.3. The van der Waals surface area contributed by atoms with Gasteiger partial charge in [0, 0.05) is 31.3 Å². The zero-order chi connectivity index (χ0) is 24.8. The number of aryl methyl sites for hydroxylation is 1. The van der Waals surface area contributed by atoms with E-state index in [1.807, 2.05) is 49.4 Å². The van der Waals surface area contributed by atoms with E-state index in [1.54, 1.807) is 18.9 Å². The van der Waals surface area contributed by atoms with Crippen LogP contribution in [0.4, 0.5) is 0 Å². The summed E-state index contributed by atoms with van der Waals surface area (Å²) >= 11 is 0. The average Bonchev–Trinajstić information content (AvgIpc) is 3.32. The van der Waals surface area contributed by atoms with E-state index >= 15 is 0 Å². The van der Waals surface area contributed by atoms with Crippen molar-refractivity contribution in [2.75, 3.05) is 20.8 Å². The van der Waals surface area contributed by atoms with Crippen molar-refractivity contribution in [3.8, 4) is 5.75 Å². The van der Waals surface area contributed by atoms with Crippen LogP contribution in [0.3, 0.4) is 0 Å². The molecule has 4 rings (SSSR count). The number of nitrogens with one attached hydrogen (secondary N) is 1. The van der Waals surface area contributed by atoms with E-state index in [0.29, 0.717) is 31.8 Å². The van der Waals surface area contributed by atoms with Crippen molar-refractivity contribution >= 4 is 10.9 Å².